The Bertz CT molecular complexity index is 1450. The summed E-state index contributed by atoms with van der Waals surface area (Å²) in [6.45, 7) is 0.483. The van der Waals surface area contributed by atoms with Crippen LogP contribution in [0.1, 0.15) is 0 Å². The number of aliphatic hydroxyl groups excluding tert-OH is 2. The molecule has 5 rings (SSSR count). The Morgan fingerprint density at radius 2 is 0.800 bits per heavy atom. The highest BCUT2D eigenvalue weighted by atomic mass is 16.5. The van der Waals surface area contributed by atoms with Gasteiger partial charge in [0.1, 0.15) is 36.2 Å². The van der Waals surface area contributed by atoms with Gasteiger partial charge in [-0.05, 0) is 96.1 Å². The minimum Gasteiger partial charge on any atom is -0.491 e. The van der Waals surface area contributed by atoms with Gasteiger partial charge in [0.05, 0.1) is 13.2 Å². The quantitative estimate of drug-likeness (QED) is 0.175. The van der Waals surface area contributed by atoms with Gasteiger partial charge in [-0.15, -0.1) is 0 Å². The molecule has 0 aliphatic carbocycles. The van der Waals surface area contributed by atoms with Crippen molar-refractivity contribution in [2.24, 2.45) is 0 Å². The average Bonchev–Trinajstić information content (AvgIpc) is 3.02. The van der Waals surface area contributed by atoms with Crippen LogP contribution < -0.4 is 19.1 Å². The van der Waals surface area contributed by atoms with Crippen LogP contribution in [-0.4, -0.2) is 36.6 Å². The van der Waals surface area contributed by atoms with Crippen molar-refractivity contribution in [2.75, 3.05) is 31.3 Å². The number of nitrogens with zero attached hydrogens (tertiary/aromatic N) is 1. The highest BCUT2D eigenvalue weighted by Gasteiger charge is 2.14. The van der Waals surface area contributed by atoms with Crippen molar-refractivity contribution in [3.8, 4) is 34.1 Å². The second kappa shape index (κ2) is 13.3. The van der Waals surface area contributed by atoms with Crippen molar-refractivity contribution in [3.63, 3.8) is 0 Å². The van der Waals surface area contributed by atoms with Crippen molar-refractivity contribution < 1.29 is 24.4 Å². The molecule has 0 aliphatic heterocycles. The maximum Gasteiger partial charge on any atom is 0.127 e. The fraction of sp³-hybridized carbons (Fsp3) is 0.118. The normalized spacial score (nSPS) is 10.7. The smallest absolute Gasteiger partial charge is 0.127 e. The van der Waals surface area contributed by atoms with Crippen LogP contribution in [0, 0.1) is 0 Å². The van der Waals surface area contributed by atoms with Crippen LogP contribution in [0.5, 0.6) is 23.0 Å². The molecule has 6 nitrogen and oxygen atoms in total. The fourth-order valence-electron chi connectivity index (χ4n) is 4.30. The molecule has 6 heteroatoms. The fourth-order valence-corrected chi connectivity index (χ4v) is 4.30. The molecule has 0 aromatic heterocycles. The summed E-state index contributed by atoms with van der Waals surface area (Å²) in [7, 11) is 0. The molecule has 5 aromatic rings. The Morgan fingerprint density at radius 1 is 0.425 bits per heavy atom. The van der Waals surface area contributed by atoms with E-state index < -0.39 is 0 Å². The molecule has 0 fully saturated rings. The molecule has 0 saturated carbocycles. The van der Waals surface area contributed by atoms with Crippen molar-refractivity contribution in [3.05, 3.63) is 127 Å². The van der Waals surface area contributed by atoms with Crippen LogP contribution in [0.2, 0.25) is 0 Å². The van der Waals surface area contributed by atoms with Crippen LogP contribution in [0.3, 0.4) is 0 Å². The van der Waals surface area contributed by atoms with Crippen molar-refractivity contribution in [1.29, 1.82) is 0 Å². The van der Waals surface area contributed by atoms with E-state index in [1.54, 1.807) is 0 Å². The molecule has 0 spiro atoms. The van der Waals surface area contributed by atoms with Crippen molar-refractivity contribution in [2.45, 2.75) is 0 Å². The molecule has 0 saturated heterocycles. The second-order valence-electron chi connectivity index (χ2n) is 8.95. The SMILES string of the molecule is OCCOc1ccc(-c2ccc(N(c3ccc(OCCO)cc3)c3ccc(Oc4ccccc4)cc3)cc2)cc1. The first-order valence-electron chi connectivity index (χ1n) is 13.1. The monoisotopic (exact) mass is 533 g/mol. The van der Waals surface area contributed by atoms with Gasteiger partial charge < -0.3 is 29.3 Å². The van der Waals surface area contributed by atoms with E-state index in [1.165, 1.54) is 0 Å². The Labute approximate surface area is 234 Å². The Hall–Kier alpha value is -4.78. The lowest BCUT2D eigenvalue weighted by Gasteiger charge is -2.26. The number of hydrogen-bond acceptors (Lipinski definition) is 6. The van der Waals surface area contributed by atoms with Crippen molar-refractivity contribution >= 4 is 17.1 Å². The topological polar surface area (TPSA) is 71.4 Å². The van der Waals surface area contributed by atoms with E-state index >= 15 is 0 Å². The number of aliphatic hydroxyl groups is 2. The van der Waals surface area contributed by atoms with Gasteiger partial charge in [-0.3, -0.25) is 0 Å². The number of anilines is 3. The predicted octanol–water partition coefficient (Wildman–Crippen LogP) is 7.36. The molecule has 202 valence electrons. The number of hydrogen-bond donors (Lipinski definition) is 2. The lowest BCUT2D eigenvalue weighted by Crippen LogP contribution is -2.10. The van der Waals surface area contributed by atoms with Gasteiger partial charge >= 0.3 is 0 Å². The predicted molar refractivity (Wildman–Crippen MR) is 158 cm³/mol. The van der Waals surface area contributed by atoms with Gasteiger partial charge in [0.25, 0.3) is 0 Å². The lowest BCUT2D eigenvalue weighted by atomic mass is 10.0. The molecule has 0 heterocycles. The van der Waals surface area contributed by atoms with Gasteiger partial charge in [0.15, 0.2) is 0 Å². The number of rotatable bonds is 12. The molecule has 0 amide bonds. The van der Waals surface area contributed by atoms with E-state index in [-0.39, 0.29) is 26.4 Å². The van der Waals surface area contributed by atoms with Crippen LogP contribution in [-0.2, 0) is 0 Å². The summed E-state index contributed by atoms with van der Waals surface area (Å²) >= 11 is 0. The Morgan fingerprint density at radius 3 is 1.27 bits per heavy atom. The van der Waals surface area contributed by atoms with E-state index in [9.17, 15) is 0 Å². The highest BCUT2D eigenvalue weighted by Crippen LogP contribution is 2.37. The maximum absolute atomic E-state index is 9.08. The second-order valence-corrected chi connectivity index (χ2v) is 8.95. The summed E-state index contributed by atoms with van der Waals surface area (Å²) in [4.78, 5) is 2.16. The van der Waals surface area contributed by atoms with E-state index in [2.05, 4.69) is 29.2 Å². The summed E-state index contributed by atoms with van der Waals surface area (Å²) in [5.74, 6) is 2.97. The molecule has 0 bridgehead atoms. The average molecular weight is 534 g/mol. The van der Waals surface area contributed by atoms with E-state index in [0.717, 1.165) is 45.4 Å². The summed E-state index contributed by atoms with van der Waals surface area (Å²) in [5.41, 5.74) is 5.08. The minimum atomic E-state index is -0.0317. The maximum atomic E-state index is 9.08. The lowest BCUT2D eigenvalue weighted by molar-refractivity contribution is 0.201. The number of para-hydroxylation sites is 1. The highest BCUT2D eigenvalue weighted by molar-refractivity contribution is 5.78. The van der Waals surface area contributed by atoms with Gasteiger partial charge in [-0.1, -0.05) is 42.5 Å². The molecule has 0 atom stereocenters. The van der Waals surface area contributed by atoms with Gasteiger partial charge in [0, 0.05) is 17.1 Å². The van der Waals surface area contributed by atoms with Gasteiger partial charge in [-0.2, -0.15) is 0 Å². The summed E-state index contributed by atoms with van der Waals surface area (Å²) in [5, 5.41) is 18.0. The van der Waals surface area contributed by atoms with Crippen LogP contribution in [0.4, 0.5) is 17.1 Å². The molecule has 0 radical (unpaired) electrons. The molecule has 5 aromatic carbocycles. The minimum absolute atomic E-state index is 0.0130. The Kier molecular flexibility index (Phi) is 8.94. The van der Waals surface area contributed by atoms with Crippen molar-refractivity contribution in [1.82, 2.24) is 0 Å². The molecule has 40 heavy (non-hydrogen) atoms. The first-order valence-corrected chi connectivity index (χ1v) is 13.1. The van der Waals surface area contributed by atoms with Gasteiger partial charge in [-0.25, -0.2) is 0 Å². The zero-order valence-corrected chi connectivity index (χ0v) is 22.0. The zero-order valence-electron chi connectivity index (χ0n) is 22.0. The molecule has 0 aliphatic rings. The Balaban J connectivity index is 1.42. The molecule has 0 unspecified atom stereocenters. The summed E-state index contributed by atoms with van der Waals surface area (Å²) < 4.78 is 17.0. The third-order valence-electron chi connectivity index (χ3n) is 6.20. The summed E-state index contributed by atoms with van der Waals surface area (Å²) in [6, 6.07) is 41.7. The largest absolute Gasteiger partial charge is 0.491 e. The van der Waals surface area contributed by atoms with E-state index in [4.69, 9.17) is 24.4 Å². The number of benzene rings is 5. The van der Waals surface area contributed by atoms with Crippen LogP contribution >= 0.6 is 0 Å². The molecular formula is C34H31NO5. The molecular weight excluding hydrogens is 502 g/mol. The van der Waals surface area contributed by atoms with Crippen LogP contribution in [0.25, 0.3) is 11.1 Å². The zero-order chi connectivity index (χ0) is 27.6. The number of ether oxygens (including phenoxy) is 3. The first kappa shape index (κ1) is 26.8. The third kappa shape index (κ3) is 6.80. The van der Waals surface area contributed by atoms with Gasteiger partial charge in [0.2, 0.25) is 0 Å². The summed E-state index contributed by atoms with van der Waals surface area (Å²) in [6.07, 6.45) is 0. The van der Waals surface area contributed by atoms with E-state index in [1.807, 2.05) is 103 Å². The molecule has 2 N–H and O–H groups in total. The van der Waals surface area contributed by atoms with Crippen LogP contribution in [0.15, 0.2) is 127 Å². The third-order valence-corrected chi connectivity index (χ3v) is 6.20. The standard InChI is InChI=1S/C34H31NO5/c36-22-24-38-31-16-8-27(9-17-31)26-6-10-28(11-7-26)35(29-12-18-32(19-13-29)39-25-23-37)30-14-20-34(21-15-30)40-33-4-2-1-3-5-33/h1-21,36-37H,22-25H2. The van der Waals surface area contributed by atoms with E-state index in [0.29, 0.717) is 5.75 Å². The first-order chi connectivity index (χ1) is 19.7.